The Morgan fingerprint density at radius 2 is 0.952 bits per heavy atom. The molecule has 2 N–H and O–H groups in total. The fourth-order valence-electron chi connectivity index (χ4n) is 5.93. The first-order valence-corrected chi connectivity index (χ1v) is 25.4. The molecule has 0 aromatic heterocycles. The van der Waals surface area contributed by atoms with Crippen LogP contribution in [0.1, 0.15) is 167 Å². The number of esters is 2. The predicted molar refractivity (Wildman–Crippen MR) is 258 cm³/mol. The summed E-state index contributed by atoms with van der Waals surface area (Å²) in [6.07, 6.45) is 53.6. The third-order valence-corrected chi connectivity index (χ3v) is 10.7. The van der Waals surface area contributed by atoms with Gasteiger partial charge >= 0.3 is 19.8 Å². The van der Waals surface area contributed by atoms with Crippen LogP contribution < -0.4 is 0 Å². The van der Waals surface area contributed by atoms with Gasteiger partial charge in [0.1, 0.15) is 19.8 Å². The van der Waals surface area contributed by atoms with Crippen LogP contribution in [-0.2, 0) is 32.7 Å². The zero-order valence-electron chi connectivity index (χ0n) is 39.5. The lowest BCUT2D eigenvalue weighted by atomic mass is 10.1. The number of likely N-dealkylation sites (N-methyl/N-ethyl adjacent to an activating group) is 1. The number of quaternary nitrogens is 1. The Labute approximate surface area is 378 Å². The van der Waals surface area contributed by atoms with Gasteiger partial charge in [-0.25, -0.2) is 4.57 Å². The van der Waals surface area contributed by atoms with Crippen LogP contribution in [0.15, 0.2) is 85.1 Å². The van der Waals surface area contributed by atoms with E-state index in [4.69, 9.17) is 23.6 Å². The van der Waals surface area contributed by atoms with Crippen molar-refractivity contribution in [3.63, 3.8) is 0 Å². The minimum atomic E-state index is -4.41. The van der Waals surface area contributed by atoms with E-state index in [2.05, 4.69) is 85.9 Å². The van der Waals surface area contributed by atoms with Crippen molar-refractivity contribution in [2.45, 2.75) is 174 Å². The molecule has 10 nitrogen and oxygen atoms in total. The topological polar surface area (TPSA) is 129 Å². The van der Waals surface area contributed by atoms with Crippen LogP contribution in [0.5, 0.6) is 0 Å². The number of aliphatic hydroxyl groups excluding tert-OH is 1. The first kappa shape index (κ1) is 59.1. The molecular weight excluding hydrogens is 802 g/mol. The zero-order valence-corrected chi connectivity index (χ0v) is 40.4. The number of nitrogens with zero attached hydrogens (tertiary/aromatic N) is 1. The molecule has 0 bridgehead atoms. The summed E-state index contributed by atoms with van der Waals surface area (Å²) < 4.78 is 34.3. The molecular formula is C51H89NO9P+. The van der Waals surface area contributed by atoms with Crippen LogP contribution in [0.4, 0.5) is 0 Å². The zero-order chi connectivity index (χ0) is 45.7. The van der Waals surface area contributed by atoms with Gasteiger partial charge in [-0.05, 0) is 96.3 Å². The van der Waals surface area contributed by atoms with Crippen molar-refractivity contribution in [2.75, 3.05) is 54.1 Å². The lowest BCUT2D eigenvalue weighted by Gasteiger charge is -2.24. The average Bonchev–Trinajstić information content (AvgIpc) is 3.23. The van der Waals surface area contributed by atoms with E-state index in [9.17, 15) is 19.0 Å². The highest BCUT2D eigenvalue weighted by Gasteiger charge is 2.27. The van der Waals surface area contributed by atoms with Gasteiger partial charge in [-0.1, -0.05) is 143 Å². The summed E-state index contributed by atoms with van der Waals surface area (Å²) in [5.74, 6) is -0.899. The van der Waals surface area contributed by atoms with Gasteiger partial charge in [-0.2, -0.15) is 0 Å². The molecule has 11 heteroatoms. The van der Waals surface area contributed by atoms with Gasteiger partial charge in [0.05, 0.1) is 27.7 Å². The summed E-state index contributed by atoms with van der Waals surface area (Å²) in [6.45, 7) is 2.31. The lowest BCUT2D eigenvalue weighted by molar-refractivity contribution is -0.870. The van der Waals surface area contributed by atoms with E-state index in [1.807, 2.05) is 27.2 Å². The fourth-order valence-corrected chi connectivity index (χ4v) is 6.67. The summed E-state index contributed by atoms with van der Waals surface area (Å²) in [5, 5.41) is 8.81. The van der Waals surface area contributed by atoms with Crippen LogP contribution in [0.25, 0.3) is 0 Å². The molecule has 0 saturated carbocycles. The first-order valence-electron chi connectivity index (χ1n) is 23.9. The summed E-state index contributed by atoms with van der Waals surface area (Å²) in [5.41, 5.74) is 0. The number of rotatable bonds is 43. The van der Waals surface area contributed by atoms with Crippen molar-refractivity contribution in [3.05, 3.63) is 85.1 Å². The summed E-state index contributed by atoms with van der Waals surface area (Å²) in [6, 6.07) is 0. The summed E-state index contributed by atoms with van der Waals surface area (Å²) in [7, 11) is 1.40. The van der Waals surface area contributed by atoms with Crippen LogP contribution in [-0.4, -0.2) is 86.6 Å². The van der Waals surface area contributed by atoms with Gasteiger partial charge < -0.3 is 24.0 Å². The van der Waals surface area contributed by atoms with Crippen LogP contribution in [0.2, 0.25) is 0 Å². The van der Waals surface area contributed by atoms with E-state index in [1.165, 1.54) is 32.1 Å². The molecule has 0 aromatic rings. The number of allylic oxidation sites excluding steroid dienone is 14. The van der Waals surface area contributed by atoms with Gasteiger partial charge in [0.25, 0.3) is 0 Å². The first-order chi connectivity index (χ1) is 30.0. The van der Waals surface area contributed by atoms with E-state index in [1.54, 1.807) is 0 Å². The number of hydrogen-bond donors (Lipinski definition) is 2. The molecule has 0 aliphatic carbocycles. The molecule has 62 heavy (non-hydrogen) atoms. The molecule has 1 unspecified atom stereocenters. The number of phosphoric acid groups is 1. The van der Waals surface area contributed by atoms with Gasteiger partial charge in [0.15, 0.2) is 6.10 Å². The lowest BCUT2D eigenvalue weighted by Crippen LogP contribution is -2.37. The van der Waals surface area contributed by atoms with Gasteiger partial charge in [0.2, 0.25) is 0 Å². The molecule has 0 heterocycles. The van der Waals surface area contributed by atoms with E-state index in [0.29, 0.717) is 30.3 Å². The number of phosphoric ester groups is 1. The predicted octanol–water partition coefficient (Wildman–Crippen LogP) is 12.9. The van der Waals surface area contributed by atoms with E-state index >= 15 is 0 Å². The molecule has 0 spiro atoms. The van der Waals surface area contributed by atoms with Gasteiger partial charge in [-0.3, -0.25) is 18.6 Å². The maximum atomic E-state index is 12.7. The molecule has 0 aliphatic rings. The van der Waals surface area contributed by atoms with Crippen molar-refractivity contribution in [1.29, 1.82) is 0 Å². The van der Waals surface area contributed by atoms with Crippen molar-refractivity contribution >= 4 is 19.8 Å². The molecule has 0 fully saturated rings. The Morgan fingerprint density at radius 1 is 0.532 bits per heavy atom. The Balaban J connectivity index is 4.43. The van der Waals surface area contributed by atoms with Crippen molar-refractivity contribution in [3.8, 4) is 0 Å². The molecule has 0 radical (unpaired) electrons. The maximum absolute atomic E-state index is 12.7. The Hall–Kier alpha value is -2.85. The monoisotopic (exact) mass is 891 g/mol. The second-order valence-electron chi connectivity index (χ2n) is 16.9. The average molecular weight is 891 g/mol. The number of ether oxygens (including phenoxy) is 2. The molecule has 0 rings (SSSR count). The van der Waals surface area contributed by atoms with Crippen molar-refractivity contribution in [1.82, 2.24) is 0 Å². The fraction of sp³-hybridized carbons (Fsp3) is 0.686. The van der Waals surface area contributed by atoms with Crippen LogP contribution in [0, 0.1) is 0 Å². The quantitative estimate of drug-likeness (QED) is 0.0202. The molecule has 0 aliphatic heterocycles. The van der Waals surface area contributed by atoms with E-state index in [0.717, 1.165) is 96.3 Å². The van der Waals surface area contributed by atoms with Crippen LogP contribution in [0.3, 0.4) is 0 Å². The molecule has 2 atom stereocenters. The number of hydrogen-bond acceptors (Lipinski definition) is 8. The van der Waals surface area contributed by atoms with Gasteiger partial charge in [0, 0.05) is 19.4 Å². The normalized spacial score (nSPS) is 14.2. The number of carbonyl (C=O) groups is 2. The summed E-state index contributed by atoms with van der Waals surface area (Å²) >= 11 is 0. The largest absolute Gasteiger partial charge is 0.472 e. The minimum Gasteiger partial charge on any atom is -0.462 e. The number of aliphatic hydroxyl groups is 1. The SMILES string of the molecule is CCCCCC/C=C\C/C=C\C/C=C\CCCCCCCCC(=O)OC[C@H](COP(=O)(O)OCC[N+](C)(C)C)OC(=O)CCC/C=C\C/C=C\C/C=C\C/C=C\CCCCCO. The highest BCUT2D eigenvalue weighted by atomic mass is 31.2. The maximum Gasteiger partial charge on any atom is 0.472 e. The highest BCUT2D eigenvalue weighted by Crippen LogP contribution is 2.43. The number of unbranched alkanes of at least 4 members (excludes halogenated alkanes) is 14. The standard InChI is InChI=1S/C51H88NO9P/c1-5-6-7-8-9-10-11-12-13-14-15-16-18-21-24-27-30-33-36-39-42-50(54)58-47-49(48-60-62(56,57)59-46-44-52(2,3)4)61-51(55)43-40-37-34-31-28-25-22-19-17-20-23-26-29-32-35-38-41-45-53/h10-11,13-14,16-18,20,22,25-26,29,31,34,49,53H,5-9,12,15,19,21,23-24,27-28,30,32-33,35-48H2,1-4H3/p+1/b11-10-,14-13-,18-16-,20-17-,25-22-,29-26-,34-31-/t49-/m1/s1. The Kier molecular flexibility index (Phi) is 41.4. The Bertz CT molecular complexity index is 1330. The molecule has 356 valence electrons. The van der Waals surface area contributed by atoms with Crippen molar-refractivity contribution < 1.29 is 47.2 Å². The summed E-state index contributed by atoms with van der Waals surface area (Å²) in [4.78, 5) is 35.4. The number of carbonyl (C=O) groups excluding carboxylic acids is 2. The minimum absolute atomic E-state index is 0.00969. The van der Waals surface area contributed by atoms with E-state index in [-0.39, 0.29) is 32.7 Å². The van der Waals surface area contributed by atoms with Gasteiger partial charge in [-0.15, -0.1) is 0 Å². The highest BCUT2D eigenvalue weighted by molar-refractivity contribution is 7.47. The van der Waals surface area contributed by atoms with E-state index < -0.39 is 32.5 Å². The molecule has 0 aromatic carbocycles. The third-order valence-electron chi connectivity index (χ3n) is 9.70. The van der Waals surface area contributed by atoms with Crippen LogP contribution >= 0.6 is 7.82 Å². The third kappa shape index (κ3) is 46.6. The Morgan fingerprint density at radius 3 is 1.44 bits per heavy atom. The smallest absolute Gasteiger partial charge is 0.462 e. The second kappa shape index (κ2) is 43.4. The second-order valence-corrected chi connectivity index (χ2v) is 18.3. The molecule has 0 saturated heterocycles. The molecule has 0 amide bonds. The van der Waals surface area contributed by atoms with Crippen molar-refractivity contribution in [2.24, 2.45) is 0 Å².